The van der Waals surface area contributed by atoms with Gasteiger partial charge in [0.1, 0.15) is 4.90 Å². The molecule has 1 atom stereocenters. The monoisotopic (exact) mass is 437 g/mol. The van der Waals surface area contributed by atoms with E-state index in [2.05, 4.69) is 15.0 Å². The number of hydrogen-bond acceptors (Lipinski definition) is 4. The average Bonchev–Trinajstić information content (AvgIpc) is 2.79. The number of aromatic nitrogens is 1. The normalized spacial score (nSPS) is 16.0. The zero-order valence-corrected chi connectivity index (χ0v) is 18.4. The summed E-state index contributed by atoms with van der Waals surface area (Å²) in [7, 11) is -3.94. The summed E-state index contributed by atoms with van der Waals surface area (Å²) in [6.45, 7) is 2.03. The Bertz CT molecular complexity index is 1180. The number of amides is 1. The van der Waals surface area contributed by atoms with Gasteiger partial charge in [-0.3, -0.25) is 14.5 Å². The summed E-state index contributed by atoms with van der Waals surface area (Å²) in [5, 5.41) is 3.81. The van der Waals surface area contributed by atoms with Crippen LogP contribution in [-0.2, 0) is 10.0 Å². The largest absolute Gasteiger partial charge is 0.349 e. The molecule has 6 nitrogen and oxygen atoms in total. The molecule has 31 heavy (non-hydrogen) atoms. The molecule has 1 aliphatic rings. The maximum absolute atomic E-state index is 13.2. The Morgan fingerprint density at radius 1 is 1.00 bits per heavy atom. The van der Waals surface area contributed by atoms with Crippen LogP contribution in [0, 0.1) is 5.92 Å². The van der Waals surface area contributed by atoms with E-state index >= 15 is 0 Å². The Hall–Kier alpha value is -2.93. The Morgan fingerprint density at radius 3 is 2.55 bits per heavy atom. The highest BCUT2D eigenvalue weighted by molar-refractivity contribution is 7.93. The maximum Gasteiger partial charge on any atom is 0.264 e. The number of sulfonamides is 1. The van der Waals surface area contributed by atoms with Crippen molar-refractivity contribution in [3.8, 4) is 0 Å². The first-order valence-electron chi connectivity index (χ1n) is 10.7. The number of benzene rings is 2. The minimum Gasteiger partial charge on any atom is -0.349 e. The van der Waals surface area contributed by atoms with Crippen molar-refractivity contribution in [3.63, 3.8) is 0 Å². The third kappa shape index (κ3) is 4.71. The molecule has 1 unspecified atom stereocenters. The lowest BCUT2D eigenvalue weighted by Gasteiger charge is -2.28. The van der Waals surface area contributed by atoms with Gasteiger partial charge in [-0.1, -0.05) is 49.6 Å². The molecule has 3 aromatic rings. The van der Waals surface area contributed by atoms with Crippen molar-refractivity contribution in [2.75, 3.05) is 4.72 Å². The number of para-hydroxylation sites is 2. The van der Waals surface area contributed by atoms with Crippen molar-refractivity contribution in [2.24, 2.45) is 5.92 Å². The molecule has 0 spiro atoms. The second-order valence-electron chi connectivity index (χ2n) is 8.14. The van der Waals surface area contributed by atoms with E-state index in [0.29, 0.717) is 17.0 Å². The molecular formula is C24H27N3O3S. The van der Waals surface area contributed by atoms with E-state index in [9.17, 15) is 13.2 Å². The molecule has 0 saturated heterocycles. The van der Waals surface area contributed by atoms with Crippen LogP contribution in [0.5, 0.6) is 0 Å². The van der Waals surface area contributed by atoms with Crippen molar-refractivity contribution in [1.82, 2.24) is 10.3 Å². The van der Waals surface area contributed by atoms with Gasteiger partial charge < -0.3 is 5.32 Å². The number of anilines is 1. The Balaban J connectivity index is 1.59. The predicted molar refractivity (Wildman–Crippen MR) is 122 cm³/mol. The first kappa shape index (κ1) is 21.3. The van der Waals surface area contributed by atoms with Crippen molar-refractivity contribution in [1.29, 1.82) is 0 Å². The zero-order valence-electron chi connectivity index (χ0n) is 17.5. The van der Waals surface area contributed by atoms with Crippen molar-refractivity contribution in [3.05, 3.63) is 66.4 Å². The molecule has 4 rings (SSSR count). The molecule has 2 N–H and O–H groups in total. The quantitative estimate of drug-likeness (QED) is 0.583. The van der Waals surface area contributed by atoms with Gasteiger partial charge in [-0.15, -0.1) is 0 Å². The number of nitrogens with zero attached hydrogens (tertiary/aromatic N) is 1. The number of fused-ring (bicyclic) bond motifs is 1. The topological polar surface area (TPSA) is 88.2 Å². The van der Waals surface area contributed by atoms with Crippen LogP contribution in [0.4, 0.5) is 5.69 Å². The van der Waals surface area contributed by atoms with Crippen LogP contribution in [0.2, 0.25) is 0 Å². The van der Waals surface area contributed by atoms with Crippen molar-refractivity contribution >= 4 is 32.5 Å². The summed E-state index contributed by atoms with van der Waals surface area (Å²) < 4.78 is 29.0. The van der Waals surface area contributed by atoms with Gasteiger partial charge in [0.2, 0.25) is 0 Å². The molecule has 7 heteroatoms. The SMILES string of the molecule is CC(NC(=O)c1ccccc1NS(=O)(=O)c1cccc2cccnc12)C1CCCCC1. The highest BCUT2D eigenvalue weighted by Crippen LogP contribution is 2.28. The predicted octanol–water partition coefficient (Wildman–Crippen LogP) is 4.73. The molecule has 1 heterocycles. The van der Waals surface area contributed by atoms with Crippen LogP contribution in [0.25, 0.3) is 10.9 Å². The van der Waals surface area contributed by atoms with Crippen molar-refractivity contribution < 1.29 is 13.2 Å². The number of carbonyl (C=O) groups is 1. The standard InChI is InChI=1S/C24H27N3O3S/c1-17(18-9-3-2-4-10-18)26-24(28)20-13-5-6-14-21(20)27-31(29,30)22-15-7-11-19-12-8-16-25-23(19)22/h5-8,11-18,27H,2-4,9-10H2,1H3,(H,26,28). The second-order valence-corrected chi connectivity index (χ2v) is 9.79. The Labute approximate surface area is 183 Å². The van der Waals surface area contributed by atoms with E-state index in [0.717, 1.165) is 18.2 Å². The third-order valence-electron chi connectivity index (χ3n) is 6.02. The van der Waals surface area contributed by atoms with Gasteiger partial charge in [0.15, 0.2) is 0 Å². The van der Waals surface area contributed by atoms with Gasteiger partial charge in [0, 0.05) is 17.6 Å². The second kappa shape index (κ2) is 9.06. The van der Waals surface area contributed by atoms with Crippen molar-refractivity contribution in [2.45, 2.75) is 50.0 Å². The number of hydrogen-bond donors (Lipinski definition) is 2. The van der Waals surface area contributed by atoms with E-state index in [-0.39, 0.29) is 22.5 Å². The fourth-order valence-electron chi connectivity index (χ4n) is 4.30. The Kier molecular flexibility index (Phi) is 6.23. The highest BCUT2D eigenvalue weighted by Gasteiger charge is 2.24. The van der Waals surface area contributed by atoms with Gasteiger partial charge in [0.25, 0.3) is 15.9 Å². The Morgan fingerprint density at radius 2 is 1.74 bits per heavy atom. The first-order valence-corrected chi connectivity index (χ1v) is 12.2. The molecule has 0 aliphatic heterocycles. The molecule has 1 saturated carbocycles. The summed E-state index contributed by atoms with van der Waals surface area (Å²) in [4.78, 5) is 17.3. The lowest BCUT2D eigenvalue weighted by molar-refractivity contribution is 0.0920. The summed E-state index contributed by atoms with van der Waals surface area (Å²) >= 11 is 0. The summed E-state index contributed by atoms with van der Waals surface area (Å²) in [5.74, 6) is 0.190. The maximum atomic E-state index is 13.2. The molecule has 0 bridgehead atoms. The molecule has 2 aromatic carbocycles. The lowest BCUT2D eigenvalue weighted by atomic mass is 9.84. The third-order valence-corrected chi connectivity index (χ3v) is 7.41. The lowest BCUT2D eigenvalue weighted by Crippen LogP contribution is -2.39. The van der Waals surface area contributed by atoms with Crippen LogP contribution in [0.1, 0.15) is 49.4 Å². The summed E-state index contributed by atoms with van der Waals surface area (Å²) in [5.41, 5.74) is 0.955. The summed E-state index contributed by atoms with van der Waals surface area (Å²) in [6.07, 6.45) is 7.44. The molecule has 1 aromatic heterocycles. The molecule has 1 fully saturated rings. The highest BCUT2D eigenvalue weighted by atomic mass is 32.2. The number of rotatable bonds is 6. The zero-order chi connectivity index (χ0) is 21.8. The minimum absolute atomic E-state index is 0.0414. The first-order chi connectivity index (χ1) is 15.0. The average molecular weight is 438 g/mol. The molecule has 1 amide bonds. The van der Waals surface area contributed by atoms with Gasteiger partial charge >= 0.3 is 0 Å². The van der Waals surface area contributed by atoms with Gasteiger partial charge in [-0.25, -0.2) is 8.42 Å². The van der Waals surface area contributed by atoms with Gasteiger partial charge in [-0.05, 0) is 49.9 Å². The number of pyridine rings is 1. The van der Waals surface area contributed by atoms with Crippen LogP contribution in [0.3, 0.4) is 0 Å². The molecular weight excluding hydrogens is 410 g/mol. The van der Waals surface area contributed by atoms with Crippen LogP contribution < -0.4 is 10.0 Å². The van der Waals surface area contributed by atoms with E-state index in [1.54, 1.807) is 42.6 Å². The number of carbonyl (C=O) groups excluding carboxylic acids is 1. The van der Waals surface area contributed by atoms with E-state index < -0.39 is 10.0 Å². The number of nitrogens with one attached hydrogen (secondary N) is 2. The molecule has 162 valence electrons. The summed E-state index contributed by atoms with van der Waals surface area (Å²) in [6, 6.07) is 15.3. The fraction of sp³-hybridized carbons (Fsp3) is 0.333. The molecule has 0 radical (unpaired) electrons. The van der Waals surface area contributed by atoms with Gasteiger partial charge in [-0.2, -0.15) is 0 Å². The van der Waals surface area contributed by atoms with E-state index in [4.69, 9.17) is 0 Å². The smallest absolute Gasteiger partial charge is 0.264 e. The molecule has 1 aliphatic carbocycles. The van der Waals surface area contributed by atoms with E-state index in [1.807, 2.05) is 19.1 Å². The van der Waals surface area contributed by atoms with E-state index in [1.165, 1.54) is 25.3 Å². The fourth-order valence-corrected chi connectivity index (χ4v) is 5.56. The van der Waals surface area contributed by atoms with Gasteiger partial charge in [0.05, 0.1) is 16.8 Å². The van der Waals surface area contributed by atoms with Crippen LogP contribution >= 0.6 is 0 Å². The minimum atomic E-state index is -3.94. The van der Waals surface area contributed by atoms with Crippen LogP contribution in [0.15, 0.2) is 65.7 Å². The van der Waals surface area contributed by atoms with Crippen LogP contribution in [-0.4, -0.2) is 25.4 Å².